The van der Waals surface area contributed by atoms with Gasteiger partial charge in [-0.1, -0.05) is 0 Å². The number of nitrogens with one attached hydrogen (secondary N) is 2. The molecule has 0 aliphatic heterocycles. The van der Waals surface area contributed by atoms with Crippen molar-refractivity contribution in [2.75, 3.05) is 13.2 Å². The zero-order valence-corrected chi connectivity index (χ0v) is 14.7. The number of hydrogen-bond acceptors (Lipinski definition) is 4. The molecule has 6 nitrogen and oxygen atoms in total. The van der Waals surface area contributed by atoms with Crippen LogP contribution < -0.4 is 20.6 Å². The average molecular weight is 352 g/mol. The first-order chi connectivity index (χ1) is 12.6. The summed E-state index contributed by atoms with van der Waals surface area (Å²) >= 11 is 0. The Kier molecular flexibility index (Phi) is 5.22. The molecule has 0 spiro atoms. The summed E-state index contributed by atoms with van der Waals surface area (Å²) in [7, 11) is 0. The minimum Gasteiger partial charge on any atom is -0.494 e. The van der Waals surface area contributed by atoms with Crippen LogP contribution >= 0.6 is 0 Å². The molecule has 1 aromatic heterocycles. The molecule has 1 heterocycles. The summed E-state index contributed by atoms with van der Waals surface area (Å²) in [6.45, 7) is 4.98. The SMILES string of the molecule is CCOc1ccc(-c2[nH]c(=O)c(=O)[nH]c2-c2ccc(OCC)cc2)cc1. The van der Waals surface area contributed by atoms with Crippen molar-refractivity contribution in [2.45, 2.75) is 13.8 Å². The van der Waals surface area contributed by atoms with Crippen LogP contribution in [0.3, 0.4) is 0 Å². The fourth-order valence-corrected chi connectivity index (χ4v) is 2.67. The average Bonchev–Trinajstić information content (AvgIpc) is 2.66. The van der Waals surface area contributed by atoms with Gasteiger partial charge in [0.1, 0.15) is 11.5 Å². The molecule has 0 amide bonds. The molecule has 3 aromatic rings. The van der Waals surface area contributed by atoms with Gasteiger partial charge in [0.2, 0.25) is 0 Å². The highest BCUT2D eigenvalue weighted by molar-refractivity contribution is 5.78. The number of aromatic amines is 2. The summed E-state index contributed by atoms with van der Waals surface area (Å²) in [5.41, 5.74) is 1.24. The largest absolute Gasteiger partial charge is 0.494 e. The van der Waals surface area contributed by atoms with E-state index in [1.165, 1.54) is 0 Å². The molecule has 2 aromatic carbocycles. The third-order valence-corrected chi connectivity index (χ3v) is 3.84. The summed E-state index contributed by atoms with van der Waals surface area (Å²) in [6, 6.07) is 14.7. The molecule has 0 fully saturated rings. The van der Waals surface area contributed by atoms with Crippen LogP contribution in [0.25, 0.3) is 22.5 Å². The summed E-state index contributed by atoms with van der Waals surface area (Å²) < 4.78 is 10.9. The lowest BCUT2D eigenvalue weighted by atomic mass is 10.0. The maximum atomic E-state index is 11.9. The fraction of sp³-hybridized carbons (Fsp3) is 0.200. The van der Waals surface area contributed by atoms with E-state index in [1.54, 1.807) is 0 Å². The molecule has 26 heavy (non-hydrogen) atoms. The van der Waals surface area contributed by atoms with E-state index in [-0.39, 0.29) is 0 Å². The second kappa shape index (κ2) is 7.74. The van der Waals surface area contributed by atoms with Crippen molar-refractivity contribution in [2.24, 2.45) is 0 Å². The molecule has 134 valence electrons. The molecule has 0 saturated heterocycles. The molecule has 0 atom stereocenters. The molecule has 0 aliphatic rings. The molecule has 0 bridgehead atoms. The van der Waals surface area contributed by atoms with Crippen LogP contribution in [0.4, 0.5) is 0 Å². The Morgan fingerprint density at radius 3 is 1.31 bits per heavy atom. The fourth-order valence-electron chi connectivity index (χ4n) is 2.67. The minimum absolute atomic E-state index is 0.543. The monoisotopic (exact) mass is 352 g/mol. The number of ether oxygens (including phenoxy) is 2. The third-order valence-electron chi connectivity index (χ3n) is 3.84. The normalized spacial score (nSPS) is 10.5. The van der Waals surface area contributed by atoms with Crippen molar-refractivity contribution in [1.82, 2.24) is 9.97 Å². The van der Waals surface area contributed by atoms with E-state index in [4.69, 9.17) is 9.47 Å². The van der Waals surface area contributed by atoms with Crippen molar-refractivity contribution in [1.29, 1.82) is 0 Å². The highest BCUT2D eigenvalue weighted by Gasteiger charge is 2.12. The summed E-state index contributed by atoms with van der Waals surface area (Å²) in [5, 5.41) is 0. The summed E-state index contributed by atoms with van der Waals surface area (Å²) in [4.78, 5) is 29.1. The zero-order valence-electron chi connectivity index (χ0n) is 14.7. The van der Waals surface area contributed by atoms with Gasteiger partial charge in [-0.2, -0.15) is 0 Å². The van der Waals surface area contributed by atoms with Gasteiger partial charge in [0, 0.05) is 11.1 Å². The van der Waals surface area contributed by atoms with Gasteiger partial charge in [-0.25, -0.2) is 0 Å². The van der Waals surface area contributed by atoms with Gasteiger partial charge < -0.3 is 19.4 Å². The molecule has 3 rings (SSSR count). The standard InChI is InChI=1S/C20H20N2O4/c1-3-25-15-9-5-13(6-10-15)17-18(22-20(24)19(23)21-17)14-7-11-16(12-8-14)26-4-2/h5-12H,3-4H2,1-2H3,(H,21,23)(H,22,24). The molecular formula is C20H20N2O4. The van der Waals surface area contributed by atoms with Gasteiger partial charge in [0.15, 0.2) is 0 Å². The number of rotatable bonds is 6. The van der Waals surface area contributed by atoms with E-state index >= 15 is 0 Å². The van der Waals surface area contributed by atoms with Gasteiger partial charge in [-0.15, -0.1) is 0 Å². The molecule has 2 N–H and O–H groups in total. The van der Waals surface area contributed by atoms with E-state index in [2.05, 4.69) is 9.97 Å². The van der Waals surface area contributed by atoms with Gasteiger partial charge in [0.25, 0.3) is 0 Å². The van der Waals surface area contributed by atoms with Gasteiger partial charge >= 0.3 is 11.1 Å². The van der Waals surface area contributed by atoms with E-state index in [9.17, 15) is 9.59 Å². The second-order valence-corrected chi connectivity index (χ2v) is 5.57. The Hall–Kier alpha value is -3.28. The summed E-state index contributed by atoms with van der Waals surface area (Å²) in [6.07, 6.45) is 0. The molecule has 0 unspecified atom stereocenters. The number of H-pyrrole nitrogens is 2. The van der Waals surface area contributed by atoms with E-state index in [0.717, 1.165) is 22.6 Å². The molecule has 6 heteroatoms. The lowest BCUT2D eigenvalue weighted by Gasteiger charge is -2.11. The number of aromatic nitrogens is 2. The van der Waals surface area contributed by atoms with E-state index in [0.29, 0.717) is 24.6 Å². The smallest absolute Gasteiger partial charge is 0.314 e. The Balaban J connectivity index is 2.08. The Morgan fingerprint density at radius 1 is 0.654 bits per heavy atom. The van der Waals surface area contributed by atoms with Crippen LogP contribution in [0.15, 0.2) is 58.1 Å². The second-order valence-electron chi connectivity index (χ2n) is 5.57. The molecule has 0 saturated carbocycles. The van der Waals surface area contributed by atoms with E-state index < -0.39 is 11.1 Å². The van der Waals surface area contributed by atoms with Crippen LogP contribution in [-0.2, 0) is 0 Å². The third kappa shape index (κ3) is 3.69. The van der Waals surface area contributed by atoms with Crippen LogP contribution in [-0.4, -0.2) is 23.2 Å². The van der Waals surface area contributed by atoms with Gasteiger partial charge in [-0.05, 0) is 62.4 Å². The van der Waals surface area contributed by atoms with Crippen molar-refractivity contribution < 1.29 is 9.47 Å². The first-order valence-corrected chi connectivity index (χ1v) is 8.45. The van der Waals surface area contributed by atoms with Crippen LogP contribution in [0.1, 0.15) is 13.8 Å². The quantitative estimate of drug-likeness (QED) is 0.667. The predicted molar refractivity (Wildman–Crippen MR) is 101 cm³/mol. The summed E-state index contributed by atoms with van der Waals surface area (Å²) in [5.74, 6) is 1.48. The highest BCUT2D eigenvalue weighted by atomic mass is 16.5. The Labute approximate surface area is 150 Å². The Morgan fingerprint density at radius 2 is 1.00 bits per heavy atom. The van der Waals surface area contributed by atoms with E-state index in [1.807, 2.05) is 62.4 Å². The number of benzene rings is 2. The topological polar surface area (TPSA) is 84.2 Å². The van der Waals surface area contributed by atoms with Crippen LogP contribution in [0, 0.1) is 0 Å². The Bertz CT molecular complexity index is 904. The maximum absolute atomic E-state index is 11.9. The first kappa shape index (κ1) is 17.5. The lowest BCUT2D eigenvalue weighted by molar-refractivity contribution is 0.340. The zero-order chi connectivity index (χ0) is 18.5. The van der Waals surface area contributed by atoms with Crippen LogP contribution in [0.5, 0.6) is 11.5 Å². The minimum atomic E-state index is -0.691. The first-order valence-electron chi connectivity index (χ1n) is 8.45. The highest BCUT2D eigenvalue weighted by Crippen LogP contribution is 2.29. The predicted octanol–water partition coefficient (Wildman–Crippen LogP) is 3.19. The van der Waals surface area contributed by atoms with Crippen molar-refractivity contribution in [3.63, 3.8) is 0 Å². The van der Waals surface area contributed by atoms with Crippen LogP contribution in [0.2, 0.25) is 0 Å². The molecule has 0 radical (unpaired) electrons. The number of hydrogen-bond donors (Lipinski definition) is 2. The maximum Gasteiger partial charge on any atom is 0.314 e. The van der Waals surface area contributed by atoms with Crippen molar-refractivity contribution in [3.8, 4) is 34.0 Å². The molecule has 0 aliphatic carbocycles. The lowest BCUT2D eigenvalue weighted by Crippen LogP contribution is -2.30. The van der Waals surface area contributed by atoms with Crippen molar-refractivity contribution >= 4 is 0 Å². The van der Waals surface area contributed by atoms with Gasteiger partial charge in [-0.3, -0.25) is 9.59 Å². The molecular weight excluding hydrogens is 332 g/mol. The van der Waals surface area contributed by atoms with Gasteiger partial charge in [0.05, 0.1) is 24.6 Å². The van der Waals surface area contributed by atoms with Crippen molar-refractivity contribution in [3.05, 3.63) is 69.2 Å².